The molecule has 1 amide bonds. The molecule has 0 radical (unpaired) electrons. The van der Waals surface area contributed by atoms with Crippen molar-refractivity contribution in [3.8, 4) is 11.4 Å². The molecule has 7 nitrogen and oxygen atoms in total. The van der Waals surface area contributed by atoms with Gasteiger partial charge in [-0.15, -0.1) is 10.2 Å². The van der Waals surface area contributed by atoms with Gasteiger partial charge in [-0.1, -0.05) is 42.1 Å². The van der Waals surface area contributed by atoms with Crippen molar-refractivity contribution < 1.29 is 4.79 Å². The molecule has 8 heteroatoms. The highest BCUT2D eigenvalue weighted by atomic mass is 32.2. The SMILES string of the molecule is CN(C)C(=O)[C@H](Sc1nnc(-c2cccnc2)n1N)c1ccccc1. The van der Waals surface area contributed by atoms with Gasteiger partial charge in [-0.05, 0) is 17.7 Å². The van der Waals surface area contributed by atoms with Crippen molar-refractivity contribution in [1.82, 2.24) is 24.8 Å². The maximum atomic E-state index is 12.6. The van der Waals surface area contributed by atoms with Gasteiger partial charge >= 0.3 is 0 Å². The van der Waals surface area contributed by atoms with Crippen LogP contribution in [-0.4, -0.2) is 44.8 Å². The molecular weight excluding hydrogens is 336 g/mol. The molecule has 3 aromatic rings. The number of nitrogens with zero attached hydrogens (tertiary/aromatic N) is 5. The molecule has 2 N–H and O–H groups in total. The lowest BCUT2D eigenvalue weighted by Crippen LogP contribution is -2.27. The maximum absolute atomic E-state index is 12.6. The first kappa shape index (κ1) is 17.0. The Labute approximate surface area is 149 Å². The van der Waals surface area contributed by atoms with Crippen LogP contribution in [0.3, 0.4) is 0 Å². The van der Waals surface area contributed by atoms with Gasteiger partial charge in [0.2, 0.25) is 11.1 Å². The van der Waals surface area contributed by atoms with E-state index in [1.54, 1.807) is 37.5 Å². The standard InChI is InChI=1S/C17H18N6OS/c1-22(2)16(24)14(12-7-4-3-5-8-12)25-17-21-20-15(23(17)18)13-9-6-10-19-11-13/h3-11,14H,18H2,1-2H3/t14-/m1/s1. The summed E-state index contributed by atoms with van der Waals surface area (Å²) in [5.41, 5.74) is 1.65. The number of pyridine rings is 1. The molecule has 2 aromatic heterocycles. The third-order valence-corrected chi connectivity index (χ3v) is 4.77. The largest absolute Gasteiger partial charge is 0.348 e. The van der Waals surface area contributed by atoms with Crippen LogP contribution in [0, 0.1) is 0 Å². The number of rotatable bonds is 5. The number of nitrogens with two attached hydrogens (primary N) is 1. The highest BCUT2D eigenvalue weighted by molar-refractivity contribution is 8.00. The van der Waals surface area contributed by atoms with Crippen molar-refractivity contribution in [2.24, 2.45) is 0 Å². The molecule has 1 aromatic carbocycles. The number of hydrogen-bond acceptors (Lipinski definition) is 6. The maximum Gasteiger partial charge on any atom is 0.240 e. The first-order chi connectivity index (χ1) is 12.1. The molecular formula is C17H18N6OS. The van der Waals surface area contributed by atoms with Crippen LogP contribution in [-0.2, 0) is 4.79 Å². The third-order valence-electron chi connectivity index (χ3n) is 3.57. The third kappa shape index (κ3) is 3.63. The van der Waals surface area contributed by atoms with E-state index in [1.807, 2.05) is 36.4 Å². The number of aromatic nitrogens is 4. The second-order valence-corrected chi connectivity index (χ2v) is 6.63. The fourth-order valence-corrected chi connectivity index (χ4v) is 3.38. The van der Waals surface area contributed by atoms with E-state index in [4.69, 9.17) is 5.84 Å². The molecule has 0 unspecified atom stereocenters. The Bertz CT molecular complexity index is 850. The summed E-state index contributed by atoms with van der Waals surface area (Å²) in [7, 11) is 3.46. The average Bonchev–Trinajstić information content (AvgIpc) is 3.01. The molecule has 0 saturated carbocycles. The summed E-state index contributed by atoms with van der Waals surface area (Å²) in [6, 6.07) is 13.2. The Kier molecular flexibility index (Phi) is 4.99. The van der Waals surface area contributed by atoms with E-state index in [1.165, 1.54) is 16.4 Å². The summed E-state index contributed by atoms with van der Waals surface area (Å²) in [4.78, 5) is 18.3. The molecule has 0 aliphatic rings. The van der Waals surface area contributed by atoms with Crippen molar-refractivity contribution in [1.29, 1.82) is 0 Å². The van der Waals surface area contributed by atoms with Gasteiger partial charge in [0.1, 0.15) is 5.25 Å². The van der Waals surface area contributed by atoms with Crippen molar-refractivity contribution in [2.75, 3.05) is 19.9 Å². The van der Waals surface area contributed by atoms with E-state index in [0.29, 0.717) is 11.0 Å². The fraction of sp³-hybridized carbons (Fsp3) is 0.176. The van der Waals surface area contributed by atoms with Crippen molar-refractivity contribution in [3.05, 3.63) is 60.4 Å². The molecule has 0 bridgehead atoms. The van der Waals surface area contributed by atoms with Gasteiger partial charge in [0.05, 0.1) is 0 Å². The number of carbonyl (C=O) groups is 1. The summed E-state index contributed by atoms with van der Waals surface area (Å²) >= 11 is 1.27. The van der Waals surface area contributed by atoms with Crippen LogP contribution < -0.4 is 5.84 Å². The second kappa shape index (κ2) is 7.35. The molecule has 3 rings (SSSR count). The van der Waals surface area contributed by atoms with Crippen LogP contribution in [0.5, 0.6) is 0 Å². The predicted molar refractivity (Wildman–Crippen MR) is 97.1 cm³/mol. The lowest BCUT2D eigenvalue weighted by Gasteiger charge is -2.20. The van der Waals surface area contributed by atoms with Crippen LogP contribution in [0.1, 0.15) is 10.8 Å². The molecule has 2 heterocycles. The molecule has 25 heavy (non-hydrogen) atoms. The van der Waals surface area contributed by atoms with Crippen molar-refractivity contribution in [3.63, 3.8) is 0 Å². The quantitative estimate of drug-likeness (QED) is 0.556. The number of carbonyl (C=O) groups excluding carboxylic acids is 1. The van der Waals surface area contributed by atoms with E-state index in [9.17, 15) is 4.79 Å². The lowest BCUT2D eigenvalue weighted by atomic mass is 10.1. The Balaban J connectivity index is 1.93. The topological polar surface area (TPSA) is 89.9 Å². The van der Waals surface area contributed by atoms with Crippen LogP contribution in [0.4, 0.5) is 0 Å². The zero-order valence-corrected chi connectivity index (χ0v) is 14.7. The minimum Gasteiger partial charge on any atom is -0.348 e. The summed E-state index contributed by atoms with van der Waals surface area (Å²) in [5.74, 6) is 6.62. The number of likely N-dealkylation sites (N-methyl/N-ethyl adjacent to an activating group) is 1. The number of amides is 1. The van der Waals surface area contributed by atoms with Gasteiger partial charge in [-0.2, -0.15) is 0 Å². The summed E-state index contributed by atoms with van der Waals surface area (Å²) < 4.78 is 1.39. The van der Waals surface area contributed by atoms with Gasteiger partial charge < -0.3 is 10.7 Å². The fourth-order valence-electron chi connectivity index (χ4n) is 2.28. The smallest absolute Gasteiger partial charge is 0.240 e. The van der Waals surface area contributed by atoms with E-state index >= 15 is 0 Å². The minimum absolute atomic E-state index is 0.0397. The number of nitrogen functional groups attached to an aromatic ring is 1. The van der Waals surface area contributed by atoms with Crippen molar-refractivity contribution in [2.45, 2.75) is 10.4 Å². The normalized spacial score (nSPS) is 11.9. The molecule has 1 atom stereocenters. The van der Waals surface area contributed by atoms with Gasteiger partial charge in [0.25, 0.3) is 0 Å². The van der Waals surface area contributed by atoms with Gasteiger partial charge in [-0.25, -0.2) is 4.68 Å². The van der Waals surface area contributed by atoms with E-state index < -0.39 is 5.25 Å². The monoisotopic (exact) mass is 354 g/mol. The van der Waals surface area contributed by atoms with Gasteiger partial charge in [0.15, 0.2) is 5.82 Å². The van der Waals surface area contributed by atoms with E-state index in [2.05, 4.69) is 15.2 Å². The molecule has 0 aliphatic carbocycles. The Morgan fingerprint density at radius 1 is 1.16 bits per heavy atom. The number of hydrogen-bond donors (Lipinski definition) is 1. The van der Waals surface area contributed by atoms with Crippen LogP contribution in [0.25, 0.3) is 11.4 Å². The zero-order valence-electron chi connectivity index (χ0n) is 13.9. The predicted octanol–water partition coefficient (Wildman–Crippen LogP) is 1.98. The van der Waals surface area contributed by atoms with E-state index in [-0.39, 0.29) is 5.91 Å². The second-order valence-electron chi connectivity index (χ2n) is 5.56. The summed E-state index contributed by atoms with van der Waals surface area (Å²) in [6.07, 6.45) is 3.35. The lowest BCUT2D eigenvalue weighted by molar-refractivity contribution is -0.128. The van der Waals surface area contributed by atoms with Gasteiger partial charge in [-0.3, -0.25) is 9.78 Å². The summed E-state index contributed by atoms with van der Waals surface area (Å²) in [5, 5.41) is 8.30. The zero-order chi connectivity index (χ0) is 17.8. The first-order valence-corrected chi connectivity index (χ1v) is 8.49. The molecule has 128 valence electrons. The number of thioether (sulfide) groups is 1. The first-order valence-electron chi connectivity index (χ1n) is 7.61. The summed E-state index contributed by atoms with van der Waals surface area (Å²) in [6.45, 7) is 0. The Morgan fingerprint density at radius 3 is 2.56 bits per heavy atom. The molecule has 0 aliphatic heterocycles. The Morgan fingerprint density at radius 2 is 1.92 bits per heavy atom. The van der Waals surface area contributed by atoms with E-state index in [0.717, 1.165) is 11.1 Å². The van der Waals surface area contributed by atoms with Crippen LogP contribution >= 0.6 is 11.8 Å². The minimum atomic E-state index is -0.454. The van der Waals surface area contributed by atoms with Crippen LogP contribution in [0.15, 0.2) is 60.0 Å². The highest BCUT2D eigenvalue weighted by Crippen LogP contribution is 2.35. The average molecular weight is 354 g/mol. The molecule has 0 saturated heterocycles. The van der Waals surface area contributed by atoms with Crippen molar-refractivity contribution >= 4 is 17.7 Å². The van der Waals surface area contributed by atoms with Crippen LogP contribution in [0.2, 0.25) is 0 Å². The molecule has 0 spiro atoms. The Hall–Kier alpha value is -2.87. The van der Waals surface area contributed by atoms with Gasteiger partial charge in [0, 0.05) is 32.1 Å². The molecule has 0 fully saturated rings. The number of benzene rings is 1. The highest BCUT2D eigenvalue weighted by Gasteiger charge is 2.26.